The van der Waals surface area contributed by atoms with Crippen molar-refractivity contribution >= 4 is 17.3 Å². The Morgan fingerprint density at radius 1 is 1.35 bits per heavy atom. The second-order valence-electron chi connectivity index (χ2n) is 6.03. The van der Waals surface area contributed by atoms with E-state index in [0.717, 1.165) is 24.2 Å². The lowest BCUT2D eigenvalue weighted by Crippen LogP contribution is -2.43. The fraction of sp³-hybridized carbons (Fsp3) is 0.562. The molecule has 0 radical (unpaired) electrons. The van der Waals surface area contributed by atoms with Crippen molar-refractivity contribution in [3.8, 4) is 0 Å². The van der Waals surface area contributed by atoms with Gasteiger partial charge in [-0.15, -0.1) is 0 Å². The third-order valence-electron chi connectivity index (χ3n) is 4.34. The van der Waals surface area contributed by atoms with Crippen LogP contribution in [0.5, 0.6) is 0 Å². The van der Waals surface area contributed by atoms with Crippen molar-refractivity contribution in [2.75, 3.05) is 31.3 Å². The maximum Gasteiger partial charge on any atom is 0.255 e. The van der Waals surface area contributed by atoms with E-state index >= 15 is 0 Å². The molecule has 1 aliphatic heterocycles. The highest BCUT2D eigenvalue weighted by Gasteiger charge is 2.28. The molecule has 0 aromatic heterocycles. The molecule has 1 amide bonds. The van der Waals surface area contributed by atoms with Gasteiger partial charge in [-0.1, -0.05) is 6.92 Å². The Labute approximate surface area is 121 Å². The lowest BCUT2D eigenvalue weighted by Gasteiger charge is -2.40. The van der Waals surface area contributed by atoms with Gasteiger partial charge in [-0.3, -0.25) is 4.79 Å². The molecule has 0 saturated carbocycles. The number of carbonyl (C=O) groups excluding carboxylic acids is 1. The maximum atomic E-state index is 12.4. The van der Waals surface area contributed by atoms with E-state index in [1.165, 1.54) is 6.42 Å². The van der Waals surface area contributed by atoms with Crippen LogP contribution in [0, 0.1) is 5.92 Å². The largest absolute Gasteiger partial charge is 0.399 e. The van der Waals surface area contributed by atoms with Crippen molar-refractivity contribution < 1.29 is 4.79 Å². The zero-order valence-electron chi connectivity index (χ0n) is 12.9. The fourth-order valence-electron chi connectivity index (χ4n) is 2.88. The molecule has 2 atom stereocenters. The molecule has 2 N–H and O–H groups in total. The maximum absolute atomic E-state index is 12.4. The lowest BCUT2D eigenvalue weighted by atomic mass is 9.91. The molecule has 20 heavy (non-hydrogen) atoms. The molecular formula is C16H25N3O. The van der Waals surface area contributed by atoms with Crippen molar-refractivity contribution in [3.63, 3.8) is 0 Å². The summed E-state index contributed by atoms with van der Waals surface area (Å²) in [5.41, 5.74) is 8.36. The van der Waals surface area contributed by atoms with Gasteiger partial charge in [-0.25, -0.2) is 0 Å². The van der Waals surface area contributed by atoms with E-state index in [-0.39, 0.29) is 5.91 Å². The number of hydrogen-bond acceptors (Lipinski definition) is 3. The van der Waals surface area contributed by atoms with E-state index < -0.39 is 0 Å². The highest BCUT2D eigenvalue weighted by molar-refractivity contribution is 6.00. The number of nitrogen functional groups attached to an aromatic ring is 1. The van der Waals surface area contributed by atoms with Crippen LogP contribution in [0.4, 0.5) is 11.4 Å². The van der Waals surface area contributed by atoms with Crippen LogP contribution >= 0.6 is 0 Å². The lowest BCUT2D eigenvalue weighted by molar-refractivity contribution is 0.0828. The number of piperidine rings is 1. The Morgan fingerprint density at radius 3 is 2.70 bits per heavy atom. The first-order valence-corrected chi connectivity index (χ1v) is 7.29. The Kier molecular flexibility index (Phi) is 4.21. The standard InChI is InChI=1S/C16H25N3O/c1-11-6-5-9-19(12(11)2)15-10-13(17)7-8-14(15)16(20)18(3)4/h7-8,10-12H,5-6,9,17H2,1-4H3. The number of nitrogens with zero attached hydrogens (tertiary/aromatic N) is 2. The van der Waals surface area contributed by atoms with Gasteiger partial charge in [-0.05, 0) is 43.9 Å². The Hall–Kier alpha value is -1.71. The molecule has 1 aromatic carbocycles. The smallest absolute Gasteiger partial charge is 0.255 e. The minimum atomic E-state index is 0.0328. The minimum Gasteiger partial charge on any atom is -0.399 e. The zero-order chi connectivity index (χ0) is 14.9. The summed E-state index contributed by atoms with van der Waals surface area (Å²) in [6.07, 6.45) is 2.41. The van der Waals surface area contributed by atoms with Crippen LogP contribution in [0.3, 0.4) is 0 Å². The predicted octanol–water partition coefficient (Wildman–Crippen LogP) is 2.60. The number of carbonyl (C=O) groups is 1. The molecule has 1 aromatic rings. The number of benzene rings is 1. The summed E-state index contributed by atoms with van der Waals surface area (Å²) in [5.74, 6) is 0.665. The molecule has 0 spiro atoms. The molecule has 1 fully saturated rings. The molecule has 4 heteroatoms. The van der Waals surface area contributed by atoms with Crippen LogP contribution in [0.25, 0.3) is 0 Å². The second kappa shape index (κ2) is 5.73. The highest BCUT2D eigenvalue weighted by atomic mass is 16.2. The number of anilines is 2. The van der Waals surface area contributed by atoms with E-state index in [0.29, 0.717) is 17.6 Å². The highest BCUT2D eigenvalue weighted by Crippen LogP contribution is 2.32. The summed E-state index contributed by atoms with van der Waals surface area (Å²) < 4.78 is 0. The number of rotatable bonds is 2. The van der Waals surface area contributed by atoms with Crippen molar-refractivity contribution in [2.45, 2.75) is 32.7 Å². The summed E-state index contributed by atoms with van der Waals surface area (Å²) in [6, 6.07) is 6.02. The molecule has 2 rings (SSSR count). The van der Waals surface area contributed by atoms with Gasteiger partial charge in [0.25, 0.3) is 5.91 Å². The predicted molar refractivity (Wildman–Crippen MR) is 84.1 cm³/mol. The van der Waals surface area contributed by atoms with Crippen LogP contribution < -0.4 is 10.6 Å². The summed E-state index contributed by atoms with van der Waals surface area (Å²) in [7, 11) is 3.56. The molecule has 2 unspecified atom stereocenters. The quantitative estimate of drug-likeness (QED) is 0.844. The Morgan fingerprint density at radius 2 is 2.05 bits per heavy atom. The molecular weight excluding hydrogens is 250 g/mol. The topological polar surface area (TPSA) is 49.6 Å². The normalized spacial score (nSPS) is 22.7. The van der Waals surface area contributed by atoms with Crippen LogP contribution in [-0.4, -0.2) is 37.5 Å². The molecule has 110 valence electrons. The van der Waals surface area contributed by atoms with Crippen molar-refractivity contribution in [1.82, 2.24) is 4.90 Å². The Bertz CT molecular complexity index is 498. The van der Waals surface area contributed by atoms with Crippen LogP contribution in [0.1, 0.15) is 37.0 Å². The van der Waals surface area contributed by atoms with E-state index in [2.05, 4.69) is 18.7 Å². The SMILES string of the molecule is CC1CCCN(c2cc(N)ccc2C(=O)N(C)C)C1C. The number of amides is 1. The average Bonchev–Trinajstić information content (AvgIpc) is 2.41. The fourth-order valence-corrected chi connectivity index (χ4v) is 2.88. The molecule has 4 nitrogen and oxygen atoms in total. The van der Waals surface area contributed by atoms with Gasteiger partial charge in [0.2, 0.25) is 0 Å². The van der Waals surface area contributed by atoms with Crippen molar-refractivity contribution in [3.05, 3.63) is 23.8 Å². The van der Waals surface area contributed by atoms with Gasteiger partial charge >= 0.3 is 0 Å². The minimum absolute atomic E-state index is 0.0328. The number of nitrogens with two attached hydrogens (primary N) is 1. The van der Waals surface area contributed by atoms with Gasteiger partial charge < -0.3 is 15.5 Å². The van der Waals surface area contributed by atoms with Gasteiger partial charge in [0.05, 0.1) is 11.3 Å². The first-order chi connectivity index (χ1) is 9.41. The Balaban J connectivity index is 2.43. The second-order valence-corrected chi connectivity index (χ2v) is 6.03. The van der Waals surface area contributed by atoms with Gasteiger partial charge in [0, 0.05) is 32.4 Å². The van der Waals surface area contributed by atoms with E-state index in [9.17, 15) is 4.79 Å². The third kappa shape index (κ3) is 2.74. The summed E-state index contributed by atoms with van der Waals surface area (Å²) in [4.78, 5) is 16.3. The summed E-state index contributed by atoms with van der Waals surface area (Å²) in [6.45, 7) is 5.50. The monoisotopic (exact) mass is 275 g/mol. The molecule has 0 aliphatic carbocycles. The summed E-state index contributed by atoms with van der Waals surface area (Å²) >= 11 is 0. The van der Waals surface area contributed by atoms with Crippen LogP contribution in [0.15, 0.2) is 18.2 Å². The van der Waals surface area contributed by atoms with E-state index in [1.54, 1.807) is 25.1 Å². The molecule has 1 heterocycles. The average molecular weight is 275 g/mol. The molecule has 1 aliphatic rings. The van der Waals surface area contributed by atoms with Crippen LogP contribution in [-0.2, 0) is 0 Å². The molecule has 1 saturated heterocycles. The first-order valence-electron chi connectivity index (χ1n) is 7.29. The van der Waals surface area contributed by atoms with Crippen molar-refractivity contribution in [1.29, 1.82) is 0 Å². The van der Waals surface area contributed by atoms with Crippen molar-refractivity contribution in [2.24, 2.45) is 5.92 Å². The van der Waals surface area contributed by atoms with Gasteiger partial charge in [0.1, 0.15) is 0 Å². The van der Waals surface area contributed by atoms with Crippen LogP contribution in [0.2, 0.25) is 0 Å². The first kappa shape index (κ1) is 14.7. The summed E-state index contributed by atoms with van der Waals surface area (Å²) in [5, 5.41) is 0. The van der Waals surface area contributed by atoms with E-state index in [1.807, 2.05) is 12.1 Å². The molecule has 0 bridgehead atoms. The van der Waals surface area contributed by atoms with Gasteiger partial charge in [0.15, 0.2) is 0 Å². The number of hydrogen-bond donors (Lipinski definition) is 1. The van der Waals surface area contributed by atoms with Gasteiger partial charge in [-0.2, -0.15) is 0 Å². The van der Waals surface area contributed by atoms with E-state index in [4.69, 9.17) is 5.73 Å². The third-order valence-corrected chi connectivity index (χ3v) is 4.34. The zero-order valence-corrected chi connectivity index (χ0v) is 12.9.